The molecule has 2 rings (SSSR count). The zero-order valence-corrected chi connectivity index (χ0v) is 8.54. The maximum atomic E-state index is 5.91. The molecule has 1 aromatic carbocycles. The molecular formula is C10H10N2OS. The zero-order chi connectivity index (χ0) is 9.97. The van der Waals surface area contributed by atoms with Crippen molar-refractivity contribution in [3.63, 3.8) is 0 Å². The molecule has 2 N–H and O–H groups in total. The van der Waals surface area contributed by atoms with E-state index >= 15 is 0 Å². The van der Waals surface area contributed by atoms with Gasteiger partial charge in [-0.1, -0.05) is 12.1 Å². The van der Waals surface area contributed by atoms with Crippen molar-refractivity contribution in [1.82, 2.24) is 4.98 Å². The SMILES string of the molecule is Cc1cccc(Sc2ncco2)c1N. The van der Waals surface area contributed by atoms with Crippen molar-refractivity contribution in [3.05, 3.63) is 36.2 Å². The number of nitrogens with zero attached hydrogens (tertiary/aromatic N) is 1. The highest BCUT2D eigenvalue weighted by atomic mass is 32.2. The monoisotopic (exact) mass is 206 g/mol. The summed E-state index contributed by atoms with van der Waals surface area (Å²) in [5, 5.41) is 0.613. The Bertz CT molecular complexity index is 426. The van der Waals surface area contributed by atoms with Crippen LogP contribution in [0.1, 0.15) is 5.56 Å². The van der Waals surface area contributed by atoms with Crippen LogP contribution in [0.5, 0.6) is 0 Å². The normalized spacial score (nSPS) is 10.4. The fraction of sp³-hybridized carbons (Fsp3) is 0.100. The van der Waals surface area contributed by atoms with E-state index in [9.17, 15) is 0 Å². The molecule has 0 aliphatic rings. The molecule has 3 nitrogen and oxygen atoms in total. The van der Waals surface area contributed by atoms with E-state index in [0.717, 1.165) is 16.1 Å². The summed E-state index contributed by atoms with van der Waals surface area (Å²) in [6.07, 6.45) is 3.17. The minimum absolute atomic E-state index is 0.613. The predicted octanol–water partition coefficient (Wildman–Crippen LogP) is 2.72. The number of nitrogen functional groups attached to an aromatic ring is 1. The second-order valence-corrected chi connectivity index (χ2v) is 3.88. The van der Waals surface area contributed by atoms with Crippen molar-refractivity contribution in [3.8, 4) is 0 Å². The summed E-state index contributed by atoms with van der Waals surface area (Å²) in [4.78, 5) is 5.00. The number of oxazole rings is 1. The van der Waals surface area contributed by atoms with Crippen LogP contribution in [-0.4, -0.2) is 4.98 Å². The number of hydrogen-bond donors (Lipinski definition) is 1. The number of benzene rings is 1. The standard InChI is InChI=1S/C10H10N2OS/c1-7-3-2-4-8(9(7)11)14-10-12-5-6-13-10/h2-6H,11H2,1H3. The average molecular weight is 206 g/mol. The van der Waals surface area contributed by atoms with Crippen molar-refractivity contribution in [1.29, 1.82) is 0 Å². The molecule has 72 valence electrons. The number of para-hydroxylation sites is 1. The molecule has 0 saturated carbocycles. The van der Waals surface area contributed by atoms with Crippen molar-refractivity contribution < 1.29 is 4.42 Å². The minimum atomic E-state index is 0.613. The maximum absolute atomic E-state index is 5.91. The molecule has 0 spiro atoms. The number of anilines is 1. The number of nitrogens with two attached hydrogens (primary N) is 1. The molecule has 0 unspecified atom stereocenters. The lowest BCUT2D eigenvalue weighted by Crippen LogP contribution is -1.91. The maximum Gasteiger partial charge on any atom is 0.260 e. The van der Waals surface area contributed by atoms with E-state index in [-0.39, 0.29) is 0 Å². The lowest BCUT2D eigenvalue weighted by Gasteiger charge is -2.04. The number of hydrogen-bond acceptors (Lipinski definition) is 4. The Morgan fingerprint density at radius 3 is 3.00 bits per heavy atom. The molecule has 2 aromatic rings. The predicted molar refractivity (Wildman–Crippen MR) is 56.2 cm³/mol. The molecule has 0 saturated heterocycles. The fourth-order valence-corrected chi connectivity index (χ4v) is 1.92. The van der Waals surface area contributed by atoms with Crippen LogP contribution < -0.4 is 5.73 Å². The quantitative estimate of drug-likeness (QED) is 0.767. The number of aryl methyl sites for hydroxylation is 1. The van der Waals surface area contributed by atoms with Gasteiger partial charge in [-0.25, -0.2) is 4.98 Å². The Morgan fingerprint density at radius 1 is 1.43 bits per heavy atom. The Balaban J connectivity index is 2.29. The van der Waals surface area contributed by atoms with Crippen LogP contribution in [0.25, 0.3) is 0 Å². The lowest BCUT2D eigenvalue weighted by molar-refractivity contribution is 0.454. The molecule has 0 aliphatic heterocycles. The van der Waals surface area contributed by atoms with Gasteiger partial charge in [0.25, 0.3) is 5.22 Å². The van der Waals surface area contributed by atoms with Crippen LogP contribution in [0.2, 0.25) is 0 Å². The second kappa shape index (κ2) is 3.75. The van der Waals surface area contributed by atoms with Crippen molar-refractivity contribution >= 4 is 17.4 Å². The van der Waals surface area contributed by atoms with Crippen LogP contribution in [0.4, 0.5) is 5.69 Å². The smallest absolute Gasteiger partial charge is 0.260 e. The lowest BCUT2D eigenvalue weighted by atomic mass is 10.2. The molecule has 0 atom stereocenters. The molecular weight excluding hydrogens is 196 g/mol. The highest BCUT2D eigenvalue weighted by Gasteiger charge is 2.06. The summed E-state index contributed by atoms with van der Waals surface area (Å²) >= 11 is 1.43. The molecule has 1 heterocycles. The van der Waals surface area contributed by atoms with E-state index in [1.54, 1.807) is 12.5 Å². The van der Waals surface area contributed by atoms with Gasteiger partial charge in [-0.05, 0) is 30.3 Å². The Labute approximate surface area is 86.3 Å². The summed E-state index contributed by atoms with van der Waals surface area (Å²) in [5.74, 6) is 0. The number of aromatic nitrogens is 1. The van der Waals surface area contributed by atoms with Gasteiger partial charge in [0.1, 0.15) is 6.26 Å². The molecule has 0 fully saturated rings. The first-order valence-corrected chi connectivity index (χ1v) is 5.01. The van der Waals surface area contributed by atoms with Crippen molar-refractivity contribution in [2.24, 2.45) is 0 Å². The van der Waals surface area contributed by atoms with Gasteiger partial charge in [-0.15, -0.1) is 0 Å². The molecule has 0 radical (unpaired) electrons. The van der Waals surface area contributed by atoms with Gasteiger partial charge < -0.3 is 10.2 Å². The largest absolute Gasteiger partial charge is 0.440 e. The van der Waals surface area contributed by atoms with Gasteiger partial charge in [-0.2, -0.15) is 0 Å². The van der Waals surface area contributed by atoms with Gasteiger partial charge in [-0.3, -0.25) is 0 Å². The first-order valence-electron chi connectivity index (χ1n) is 4.20. The number of rotatable bonds is 2. The average Bonchev–Trinajstić information content (AvgIpc) is 2.66. The van der Waals surface area contributed by atoms with E-state index < -0.39 is 0 Å². The molecule has 0 amide bonds. The highest BCUT2D eigenvalue weighted by molar-refractivity contribution is 7.99. The highest BCUT2D eigenvalue weighted by Crippen LogP contribution is 2.32. The summed E-state index contributed by atoms with van der Waals surface area (Å²) in [5.41, 5.74) is 7.77. The molecule has 1 aromatic heterocycles. The van der Waals surface area contributed by atoms with Crippen LogP contribution in [0, 0.1) is 6.92 Å². The summed E-state index contributed by atoms with van der Waals surface area (Å²) in [6.45, 7) is 1.98. The van der Waals surface area contributed by atoms with Crippen LogP contribution in [0.3, 0.4) is 0 Å². The summed E-state index contributed by atoms with van der Waals surface area (Å²) in [7, 11) is 0. The van der Waals surface area contributed by atoms with E-state index in [4.69, 9.17) is 10.2 Å². The van der Waals surface area contributed by atoms with E-state index in [2.05, 4.69) is 4.98 Å². The topological polar surface area (TPSA) is 52.0 Å². The second-order valence-electron chi connectivity index (χ2n) is 2.89. The van der Waals surface area contributed by atoms with Gasteiger partial charge in [0.2, 0.25) is 0 Å². The Morgan fingerprint density at radius 2 is 2.29 bits per heavy atom. The molecule has 4 heteroatoms. The fourth-order valence-electron chi connectivity index (χ4n) is 1.10. The minimum Gasteiger partial charge on any atom is -0.440 e. The third-order valence-corrected chi connectivity index (χ3v) is 2.84. The van der Waals surface area contributed by atoms with Crippen LogP contribution in [0.15, 0.2) is 45.2 Å². The molecule has 0 bridgehead atoms. The van der Waals surface area contributed by atoms with Gasteiger partial charge >= 0.3 is 0 Å². The van der Waals surface area contributed by atoms with Crippen LogP contribution in [-0.2, 0) is 0 Å². The van der Waals surface area contributed by atoms with E-state index in [0.29, 0.717) is 5.22 Å². The van der Waals surface area contributed by atoms with Gasteiger partial charge in [0.05, 0.1) is 6.20 Å². The van der Waals surface area contributed by atoms with Crippen LogP contribution >= 0.6 is 11.8 Å². The van der Waals surface area contributed by atoms with E-state index in [1.807, 2.05) is 25.1 Å². The Hall–Kier alpha value is -1.42. The third kappa shape index (κ3) is 1.75. The third-order valence-electron chi connectivity index (χ3n) is 1.89. The van der Waals surface area contributed by atoms with Crippen molar-refractivity contribution in [2.75, 3.05) is 5.73 Å². The zero-order valence-electron chi connectivity index (χ0n) is 7.73. The molecule has 0 aliphatic carbocycles. The Kier molecular flexibility index (Phi) is 2.45. The molecule has 14 heavy (non-hydrogen) atoms. The first-order chi connectivity index (χ1) is 6.77. The summed E-state index contributed by atoms with van der Waals surface area (Å²) in [6, 6.07) is 5.91. The van der Waals surface area contributed by atoms with Gasteiger partial charge in [0.15, 0.2) is 0 Å². The first kappa shape index (κ1) is 9.15. The van der Waals surface area contributed by atoms with Gasteiger partial charge in [0, 0.05) is 10.6 Å². The van der Waals surface area contributed by atoms with Crippen molar-refractivity contribution in [2.45, 2.75) is 17.0 Å². The summed E-state index contributed by atoms with van der Waals surface area (Å²) < 4.78 is 5.13. The van der Waals surface area contributed by atoms with E-state index in [1.165, 1.54) is 11.8 Å².